The van der Waals surface area contributed by atoms with Crippen LogP contribution in [0.1, 0.15) is 43.2 Å². The summed E-state index contributed by atoms with van der Waals surface area (Å²) in [5, 5.41) is 3.46. The van der Waals surface area contributed by atoms with Crippen LogP contribution in [0, 0.1) is 23.7 Å². The van der Waals surface area contributed by atoms with Crippen LogP contribution in [0.15, 0.2) is 133 Å². The van der Waals surface area contributed by atoms with Crippen molar-refractivity contribution in [3.63, 3.8) is 0 Å². The molecule has 4 bridgehead atoms. The summed E-state index contributed by atoms with van der Waals surface area (Å²) in [4.78, 5) is 10.4. The van der Waals surface area contributed by atoms with Crippen LogP contribution in [0.25, 0.3) is 55.4 Å². The lowest BCUT2D eigenvalue weighted by atomic mass is 9.42. The smallest absolute Gasteiger partial charge is 0.160 e. The van der Waals surface area contributed by atoms with Gasteiger partial charge in [-0.05, 0) is 102 Å². The monoisotopic (exact) mass is 632 g/mol. The number of para-hydroxylation sites is 2. The van der Waals surface area contributed by atoms with Crippen LogP contribution in [0.2, 0.25) is 0 Å². The Kier molecular flexibility index (Phi) is 5.85. The number of fused-ring (bicyclic) bond motifs is 4. The minimum atomic E-state index is 0.0644. The summed E-state index contributed by atoms with van der Waals surface area (Å²) in [6, 6.07) is 48.1. The molecule has 0 radical (unpaired) electrons. The molecule has 0 atom stereocenters. The van der Waals surface area contributed by atoms with Crippen molar-refractivity contribution in [1.82, 2.24) is 9.97 Å². The summed E-state index contributed by atoms with van der Waals surface area (Å²) < 4.78 is 6.81. The third-order valence-corrected chi connectivity index (χ3v) is 12.5. The van der Waals surface area contributed by atoms with E-state index < -0.39 is 0 Å². The Morgan fingerprint density at radius 3 is 2.06 bits per heavy atom. The fraction of sp³-hybridized carbons (Fsp3) is 0.217. The molecule has 1 aliphatic heterocycles. The Bertz CT molecular complexity index is 2430. The molecule has 5 aliphatic rings. The molecule has 0 saturated heterocycles. The molecule has 3 nitrogen and oxygen atoms in total. The van der Waals surface area contributed by atoms with E-state index in [1.165, 1.54) is 54.0 Å². The van der Waals surface area contributed by atoms with Gasteiger partial charge in [0.25, 0.3) is 0 Å². The molecule has 236 valence electrons. The van der Waals surface area contributed by atoms with Gasteiger partial charge in [-0.3, -0.25) is 0 Å². The number of nitrogens with zero attached hydrogens (tertiary/aromatic N) is 2. The van der Waals surface area contributed by atoms with E-state index in [1.54, 1.807) is 0 Å². The van der Waals surface area contributed by atoms with E-state index in [4.69, 9.17) is 14.7 Å². The molecule has 1 aromatic heterocycles. The van der Waals surface area contributed by atoms with Gasteiger partial charge in [0.2, 0.25) is 0 Å². The molecule has 0 unspecified atom stereocenters. The van der Waals surface area contributed by atoms with E-state index in [-0.39, 0.29) is 5.41 Å². The van der Waals surface area contributed by atoms with Gasteiger partial charge in [-0.2, -0.15) is 0 Å². The van der Waals surface area contributed by atoms with E-state index in [0.717, 1.165) is 68.0 Å². The van der Waals surface area contributed by atoms with E-state index in [0.29, 0.717) is 11.8 Å². The fourth-order valence-corrected chi connectivity index (χ4v) is 10.8. The lowest BCUT2D eigenvalue weighted by molar-refractivity contribution is -0.0452. The van der Waals surface area contributed by atoms with Gasteiger partial charge in [0, 0.05) is 33.1 Å². The minimum absolute atomic E-state index is 0.0644. The fourth-order valence-electron chi connectivity index (χ4n) is 10.8. The lowest BCUT2D eigenvalue weighted by Gasteiger charge is -2.63. The van der Waals surface area contributed by atoms with Crippen molar-refractivity contribution in [2.75, 3.05) is 0 Å². The molecule has 2 heterocycles. The van der Waals surface area contributed by atoms with Crippen LogP contribution >= 0.6 is 0 Å². The van der Waals surface area contributed by atoms with Crippen LogP contribution in [0.5, 0.6) is 11.5 Å². The molecule has 3 heteroatoms. The number of rotatable bonds is 3. The normalized spacial score (nSPS) is 24.6. The first kappa shape index (κ1) is 27.6. The van der Waals surface area contributed by atoms with Crippen molar-refractivity contribution < 1.29 is 4.74 Å². The van der Waals surface area contributed by atoms with E-state index >= 15 is 0 Å². The van der Waals surface area contributed by atoms with Crippen molar-refractivity contribution in [2.24, 2.45) is 23.7 Å². The van der Waals surface area contributed by atoms with Gasteiger partial charge in [0.1, 0.15) is 11.5 Å². The summed E-state index contributed by atoms with van der Waals surface area (Å²) in [6.07, 6.45) is 6.89. The summed E-state index contributed by atoms with van der Waals surface area (Å²) in [5.74, 6) is 6.04. The van der Waals surface area contributed by atoms with Crippen molar-refractivity contribution >= 4 is 21.7 Å². The Balaban J connectivity index is 1.03. The van der Waals surface area contributed by atoms with Crippen LogP contribution in [0.3, 0.4) is 0 Å². The molecule has 4 fully saturated rings. The summed E-state index contributed by atoms with van der Waals surface area (Å²) in [7, 11) is 0. The first-order chi connectivity index (χ1) is 24.2. The maximum atomic E-state index is 6.81. The molecule has 12 rings (SSSR count). The predicted molar refractivity (Wildman–Crippen MR) is 198 cm³/mol. The number of hydrogen-bond acceptors (Lipinski definition) is 3. The van der Waals surface area contributed by atoms with Crippen molar-refractivity contribution in [3.8, 4) is 45.3 Å². The van der Waals surface area contributed by atoms with Gasteiger partial charge in [-0.1, -0.05) is 109 Å². The standard InChI is InChI=1S/C46H36N2O/c1-2-13-36-30(9-1)10-8-15-37(36)44-38-14-3-5-17-41(38)47-45(48-44)33-12-7-11-31(26-33)32-19-20-40-43(27-32)49-42-18-6-4-16-39(42)46(40)34-22-28-21-29(24-34)25-35(46)23-28/h1-20,26-29,34-35H,21-25H2. The average Bonchev–Trinajstić information content (AvgIpc) is 3.15. The highest BCUT2D eigenvalue weighted by Gasteiger charge is 2.61. The van der Waals surface area contributed by atoms with Gasteiger partial charge in [-0.15, -0.1) is 0 Å². The molecule has 7 aromatic rings. The molecule has 0 amide bonds. The number of ether oxygens (including phenoxy) is 1. The van der Waals surface area contributed by atoms with Gasteiger partial charge in [-0.25, -0.2) is 9.97 Å². The van der Waals surface area contributed by atoms with E-state index in [9.17, 15) is 0 Å². The molecular weight excluding hydrogens is 597 g/mol. The molecule has 1 spiro atoms. The molecule has 49 heavy (non-hydrogen) atoms. The van der Waals surface area contributed by atoms with Crippen molar-refractivity contribution in [1.29, 1.82) is 0 Å². The zero-order chi connectivity index (χ0) is 32.1. The second-order valence-corrected chi connectivity index (χ2v) is 15.0. The Morgan fingerprint density at radius 1 is 0.510 bits per heavy atom. The topological polar surface area (TPSA) is 35.0 Å². The maximum Gasteiger partial charge on any atom is 0.160 e. The quantitative estimate of drug-likeness (QED) is 0.194. The van der Waals surface area contributed by atoms with Gasteiger partial charge >= 0.3 is 0 Å². The Labute approximate surface area is 286 Å². The van der Waals surface area contributed by atoms with Crippen LogP contribution < -0.4 is 4.74 Å². The zero-order valence-corrected chi connectivity index (χ0v) is 27.3. The largest absolute Gasteiger partial charge is 0.457 e. The summed E-state index contributed by atoms with van der Waals surface area (Å²) in [6.45, 7) is 0. The highest BCUT2D eigenvalue weighted by atomic mass is 16.5. The van der Waals surface area contributed by atoms with E-state index in [2.05, 4.69) is 133 Å². The van der Waals surface area contributed by atoms with Crippen LogP contribution in [-0.4, -0.2) is 9.97 Å². The van der Waals surface area contributed by atoms with Crippen molar-refractivity contribution in [2.45, 2.75) is 37.5 Å². The highest BCUT2D eigenvalue weighted by molar-refractivity contribution is 6.03. The Morgan fingerprint density at radius 2 is 1.18 bits per heavy atom. The van der Waals surface area contributed by atoms with Gasteiger partial charge in [0.05, 0.1) is 11.2 Å². The first-order valence-electron chi connectivity index (χ1n) is 18.0. The second kappa shape index (κ2) is 10.4. The lowest BCUT2D eigenvalue weighted by Crippen LogP contribution is -2.56. The summed E-state index contributed by atoms with van der Waals surface area (Å²) >= 11 is 0. The molecule has 6 aromatic carbocycles. The second-order valence-electron chi connectivity index (χ2n) is 15.0. The number of aromatic nitrogens is 2. The first-order valence-corrected chi connectivity index (χ1v) is 18.0. The SMILES string of the molecule is c1cc(-c2ccc3c(c2)Oc2ccccc2C32C3CC4CC(C3)CC2C4)cc(-c2nc(-c3cccc4ccccc34)c3ccccc3n2)c1. The zero-order valence-electron chi connectivity index (χ0n) is 27.3. The Hall–Kier alpha value is -5.28. The number of hydrogen-bond donors (Lipinski definition) is 0. The third-order valence-electron chi connectivity index (χ3n) is 12.5. The maximum absolute atomic E-state index is 6.81. The minimum Gasteiger partial charge on any atom is -0.457 e. The van der Waals surface area contributed by atoms with Gasteiger partial charge < -0.3 is 4.74 Å². The summed E-state index contributed by atoms with van der Waals surface area (Å²) in [5.41, 5.74) is 9.26. The van der Waals surface area contributed by atoms with Crippen LogP contribution in [-0.2, 0) is 5.41 Å². The molecular formula is C46H36N2O. The average molecular weight is 633 g/mol. The third kappa shape index (κ3) is 4.02. The molecule has 4 aliphatic carbocycles. The van der Waals surface area contributed by atoms with E-state index in [1.807, 2.05) is 0 Å². The van der Waals surface area contributed by atoms with Crippen LogP contribution in [0.4, 0.5) is 0 Å². The van der Waals surface area contributed by atoms with Crippen molar-refractivity contribution in [3.05, 3.63) is 145 Å². The molecule has 0 N–H and O–H groups in total. The predicted octanol–water partition coefficient (Wildman–Crippen LogP) is 11.6. The van der Waals surface area contributed by atoms with Gasteiger partial charge in [0.15, 0.2) is 5.82 Å². The molecule has 4 saturated carbocycles. The highest BCUT2D eigenvalue weighted by Crippen LogP contribution is 2.68. The number of benzene rings is 6.